The van der Waals surface area contributed by atoms with Crippen molar-refractivity contribution in [2.24, 2.45) is 5.92 Å². The molecule has 0 aliphatic rings. The second-order valence-corrected chi connectivity index (χ2v) is 5.15. The molecule has 0 heterocycles. The maximum atomic E-state index is 14.0. The van der Waals surface area contributed by atoms with Crippen LogP contribution in [0.5, 0.6) is 0 Å². The number of hydrogen-bond donors (Lipinski definition) is 1. The van der Waals surface area contributed by atoms with Gasteiger partial charge in [-0.25, -0.2) is 9.18 Å². The molecule has 0 aromatic heterocycles. The van der Waals surface area contributed by atoms with Crippen molar-refractivity contribution >= 4 is 18.0 Å². The van der Waals surface area contributed by atoms with E-state index in [1.54, 1.807) is 4.90 Å². The number of nitrogens with zero attached hydrogens (tertiary/aromatic N) is 1. The fourth-order valence-corrected chi connectivity index (χ4v) is 1.94. The van der Waals surface area contributed by atoms with Gasteiger partial charge in [0, 0.05) is 19.2 Å². The quantitative estimate of drug-likeness (QED) is 0.820. The van der Waals surface area contributed by atoms with Crippen LogP contribution in [0, 0.1) is 11.7 Å². The molecule has 0 saturated heterocycles. The fraction of sp³-hybridized carbons (Fsp3) is 0.375. The van der Waals surface area contributed by atoms with Gasteiger partial charge in [-0.05, 0) is 36.6 Å². The first-order valence-electron chi connectivity index (χ1n) is 6.85. The van der Waals surface area contributed by atoms with Crippen molar-refractivity contribution in [2.75, 3.05) is 13.1 Å². The molecule has 0 aliphatic heterocycles. The van der Waals surface area contributed by atoms with Gasteiger partial charge in [0.1, 0.15) is 5.82 Å². The van der Waals surface area contributed by atoms with E-state index in [1.165, 1.54) is 18.2 Å². The molecule has 114 valence electrons. The van der Waals surface area contributed by atoms with Crippen LogP contribution in [0.2, 0.25) is 0 Å². The van der Waals surface area contributed by atoms with Crippen molar-refractivity contribution in [3.63, 3.8) is 0 Å². The average Bonchev–Trinajstić information content (AvgIpc) is 2.41. The zero-order valence-corrected chi connectivity index (χ0v) is 12.5. The largest absolute Gasteiger partial charge is 0.478 e. The van der Waals surface area contributed by atoms with Crippen molar-refractivity contribution in [3.8, 4) is 0 Å². The van der Waals surface area contributed by atoms with E-state index in [2.05, 4.69) is 0 Å². The van der Waals surface area contributed by atoms with Gasteiger partial charge in [0.05, 0.1) is 5.56 Å². The monoisotopic (exact) mass is 293 g/mol. The third-order valence-electron chi connectivity index (χ3n) is 2.90. The predicted octanol–water partition coefficient (Wildman–Crippen LogP) is 3.04. The summed E-state index contributed by atoms with van der Waals surface area (Å²) in [7, 11) is 0. The van der Waals surface area contributed by atoms with Crippen LogP contribution in [0.3, 0.4) is 0 Å². The first-order chi connectivity index (χ1) is 9.85. The number of aliphatic carboxylic acids is 1. The van der Waals surface area contributed by atoms with Gasteiger partial charge in [-0.15, -0.1) is 0 Å². The Morgan fingerprint density at radius 3 is 2.52 bits per heavy atom. The minimum absolute atomic E-state index is 0.00461. The van der Waals surface area contributed by atoms with Crippen molar-refractivity contribution in [1.29, 1.82) is 0 Å². The van der Waals surface area contributed by atoms with E-state index in [9.17, 15) is 14.0 Å². The highest BCUT2D eigenvalue weighted by atomic mass is 19.1. The molecule has 5 heteroatoms. The summed E-state index contributed by atoms with van der Waals surface area (Å²) >= 11 is 0. The molecule has 4 nitrogen and oxygen atoms in total. The Morgan fingerprint density at radius 1 is 1.38 bits per heavy atom. The molecule has 0 spiro atoms. The topological polar surface area (TPSA) is 57.6 Å². The molecule has 1 N–H and O–H groups in total. The fourth-order valence-electron chi connectivity index (χ4n) is 1.94. The molecular formula is C16H20FNO3. The third kappa shape index (κ3) is 5.02. The van der Waals surface area contributed by atoms with Gasteiger partial charge in [0.25, 0.3) is 5.91 Å². The van der Waals surface area contributed by atoms with Crippen LogP contribution in [0.25, 0.3) is 6.08 Å². The van der Waals surface area contributed by atoms with Gasteiger partial charge in [-0.2, -0.15) is 0 Å². The molecule has 1 amide bonds. The van der Waals surface area contributed by atoms with Crippen LogP contribution in [-0.2, 0) is 4.79 Å². The Balaban J connectivity index is 2.98. The highest BCUT2D eigenvalue weighted by molar-refractivity contribution is 5.95. The summed E-state index contributed by atoms with van der Waals surface area (Å²) in [5.74, 6) is -1.80. The molecule has 0 bridgehead atoms. The number of benzene rings is 1. The van der Waals surface area contributed by atoms with Crippen LogP contribution in [0.4, 0.5) is 4.39 Å². The molecule has 1 aromatic carbocycles. The maximum absolute atomic E-state index is 14.0. The standard InChI is InChI=1S/C16H20FNO3/c1-4-18(10-11(2)3)16(21)13-7-5-12(9-14(13)17)6-8-15(19)20/h5-9,11H,4,10H2,1-3H3,(H,19,20). The van der Waals surface area contributed by atoms with E-state index in [0.717, 1.165) is 12.1 Å². The van der Waals surface area contributed by atoms with E-state index < -0.39 is 11.8 Å². The lowest BCUT2D eigenvalue weighted by Crippen LogP contribution is -2.34. The van der Waals surface area contributed by atoms with Crippen molar-refractivity contribution in [3.05, 3.63) is 41.2 Å². The zero-order chi connectivity index (χ0) is 16.0. The summed E-state index contributed by atoms with van der Waals surface area (Å²) in [6, 6.07) is 4.08. The van der Waals surface area contributed by atoms with Gasteiger partial charge >= 0.3 is 5.97 Å². The molecular weight excluding hydrogens is 273 g/mol. The van der Waals surface area contributed by atoms with Gasteiger partial charge in [-0.3, -0.25) is 4.79 Å². The normalized spacial score (nSPS) is 11.1. The third-order valence-corrected chi connectivity index (χ3v) is 2.90. The molecule has 0 radical (unpaired) electrons. The number of rotatable bonds is 6. The van der Waals surface area contributed by atoms with Gasteiger partial charge in [0.2, 0.25) is 0 Å². The minimum Gasteiger partial charge on any atom is -0.478 e. The SMILES string of the molecule is CCN(CC(C)C)C(=O)c1ccc(C=CC(=O)O)cc1F. The first kappa shape index (κ1) is 16.9. The minimum atomic E-state index is -1.11. The zero-order valence-electron chi connectivity index (χ0n) is 12.5. The Kier molecular flexibility index (Phi) is 6.09. The van der Waals surface area contributed by atoms with Crippen LogP contribution in [-0.4, -0.2) is 35.0 Å². The lowest BCUT2D eigenvalue weighted by atomic mass is 10.1. The molecule has 0 saturated carbocycles. The molecule has 0 fully saturated rings. The molecule has 1 aromatic rings. The summed E-state index contributed by atoms with van der Waals surface area (Å²) in [6.07, 6.45) is 2.21. The summed E-state index contributed by atoms with van der Waals surface area (Å²) < 4.78 is 14.0. The molecule has 1 rings (SSSR count). The molecule has 21 heavy (non-hydrogen) atoms. The summed E-state index contributed by atoms with van der Waals surface area (Å²) in [5, 5.41) is 8.53. The summed E-state index contributed by atoms with van der Waals surface area (Å²) in [4.78, 5) is 24.3. The van der Waals surface area contributed by atoms with Crippen molar-refractivity contribution < 1.29 is 19.1 Å². The number of halogens is 1. The van der Waals surface area contributed by atoms with Gasteiger partial charge in [-0.1, -0.05) is 19.9 Å². The van der Waals surface area contributed by atoms with Crippen LogP contribution in [0.15, 0.2) is 24.3 Å². The number of amides is 1. The van der Waals surface area contributed by atoms with Crippen molar-refractivity contribution in [2.45, 2.75) is 20.8 Å². The molecule has 0 aliphatic carbocycles. The number of carbonyl (C=O) groups excluding carboxylic acids is 1. The van der Waals surface area contributed by atoms with E-state index in [4.69, 9.17) is 5.11 Å². The highest BCUT2D eigenvalue weighted by Crippen LogP contribution is 2.15. The van der Waals surface area contributed by atoms with E-state index >= 15 is 0 Å². The lowest BCUT2D eigenvalue weighted by molar-refractivity contribution is -0.131. The Hall–Kier alpha value is -2.17. The predicted molar refractivity (Wildman–Crippen MR) is 79.5 cm³/mol. The Bertz CT molecular complexity index is 552. The van der Waals surface area contributed by atoms with E-state index in [-0.39, 0.29) is 11.5 Å². The van der Waals surface area contributed by atoms with Crippen molar-refractivity contribution in [1.82, 2.24) is 4.90 Å². The number of carboxylic acids is 1. The Morgan fingerprint density at radius 2 is 2.05 bits per heavy atom. The Labute approximate surface area is 123 Å². The van der Waals surface area contributed by atoms with Gasteiger partial charge < -0.3 is 10.0 Å². The second-order valence-electron chi connectivity index (χ2n) is 5.15. The average molecular weight is 293 g/mol. The summed E-state index contributed by atoms with van der Waals surface area (Å²) in [5.41, 5.74) is 0.406. The number of carboxylic acid groups (broad SMARTS) is 1. The second kappa shape index (κ2) is 7.57. The van der Waals surface area contributed by atoms with Crippen LogP contribution < -0.4 is 0 Å². The first-order valence-corrected chi connectivity index (χ1v) is 6.85. The van der Waals surface area contributed by atoms with Crippen LogP contribution >= 0.6 is 0 Å². The number of carbonyl (C=O) groups is 2. The van der Waals surface area contributed by atoms with Crippen LogP contribution in [0.1, 0.15) is 36.7 Å². The lowest BCUT2D eigenvalue weighted by Gasteiger charge is -2.23. The molecule has 0 unspecified atom stereocenters. The van der Waals surface area contributed by atoms with Gasteiger partial charge in [0.15, 0.2) is 0 Å². The maximum Gasteiger partial charge on any atom is 0.328 e. The number of hydrogen-bond acceptors (Lipinski definition) is 2. The van der Waals surface area contributed by atoms with E-state index in [0.29, 0.717) is 24.6 Å². The highest BCUT2D eigenvalue weighted by Gasteiger charge is 2.18. The smallest absolute Gasteiger partial charge is 0.328 e. The molecule has 0 atom stereocenters. The summed E-state index contributed by atoms with van der Waals surface area (Å²) in [6.45, 7) is 6.91. The van der Waals surface area contributed by atoms with E-state index in [1.807, 2.05) is 20.8 Å².